The van der Waals surface area contributed by atoms with E-state index in [-0.39, 0.29) is 0 Å². The average molecular weight is 703 g/mol. The largest absolute Gasteiger partial charge is 0.490 e. The molecule has 0 N–H and O–H groups in total. The highest BCUT2D eigenvalue weighted by Gasteiger charge is 2.23. The highest BCUT2D eigenvalue weighted by molar-refractivity contribution is 6.20. The molecule has 1 aliphatic rings. The van der Waals surface area contributed by atoms with Crippen molar-refractivity contribution in [3.8, 4) is 22.6 Å². The van der Waals surface area contributed by atoms with Crippen molar-refractivity contribution in [2.75, 3.05) is 26.4 Å². The molecule has 0 aliphatic heterocycles. The number of fused-ring (bicyclic) bond motifs is 3. The van der Waals surface area contributed by atoms with Gasteiger partial charge in [-0.25, -0.2) is 0 Å². The first-order chi connectivity index (χ1) is 25.2. The van der Waals surface area contributed by atoms with Gasteiger partial charge in [-0.3, -0.25) is 0 Å². The summed E-state index contributed by atoms with van der Waals surface area (Å²) in [5, 5.41) is 4.90. The summed E-state index contributed by atoms with van der Waals surface area (Å²) in [5.74, 6) is 5.02. The Morgan fingerprint density at radius 1 is 0.519 bits per heavy atom. The van der Waals surface area contributed by atoms with Crippen molar-refractivity contribution < 1.29 is 18.9 Å². The normalized spacial score (nSPS) is 15.6. The van der Waals surface area contributed by atoms with Crippen LogP contribution in [0.15, 0.2) is 90.4 Å². The van der Waals surface area contributed by atoms with E-state index in [0.717, 1.165) is 66.3 Å². The van der Waals surface area contributed by atoms with Crippen LogP contribution < -0.4 is 9.47 Å². The molecule has 0 amide bonds. The number of allylic oxidation sites excluding steroid dienone is 4. The maximum atomic E-state index is 6.66. The molecule has 0 heterocycles. The van der Waals surface area contributed by atoms with Crippen LogP contribution >= 0.6 is 0 Å². The molecular weight excluding hydrogens is 641 g/mol. The van der Waals surface area contributed by atoms with Gasteiger partial charge in [0.25, 0.3) is 0 Å². The van der Waals surface area contributed by atoms with Crippen molar-refractivity contribution in [2.24, 2.45) is 23.7 Å². The Morgan fingerprint density at radius 3 is 1.71 bits per heavy atom. The van der Waals surface area contributed by atoms with E-state index in [1.807, 2.05) is 0 Å². The van der Waals surface area contributed by atoms with Gasteiger partial charge in [-0.05, 0) is 105 Å². The molecule has 4 aromatic rings. The molecule has 4 nitrogen and oxygen atoms in total. The fourth-order valence-electron chi connectivity index (χ4n) is 6.28. The Bertz CT molecular complexity index is 1900. The zero-order valence-electron chi connectivity index (χ0n) is 33.3. The predicted molar refractivity (Wildman–Crippen MR) is 221 cm³/mol. The van der Waals surface area contributed by atoms with Gasteiger partial charge in [0.2, 0.25) is 0 Å². The minimum atomic E-state index is 0.432. The van der Waals surface area contributed by atoms with E-state index < -0.39 is 0 Å². The monoisotopic (exact) mass is 702 g/mol. The Hall–Kier alpha value is -4.18. The topological polar surface area (TPSA) is 36.9 Å². The Morgan fingerprint density at radius 2 is 1.08 bits per heavy atom. The predicted octanol–water partition coefficient (Wildman–Crippen LogP) is 13.5. The molecule has 0 fully saturated rings. The number of hydrogen-bond donors (Lipinski definition) is 0. The van der Waals surface area contributed by atoms with Crippen molar-refractivity contribution in [1.82, 2.24) is 0 Å². The second kappa shape index (κ2) is 18.5. The SMILES string of the molecule is CCC(C)COC1=CCC=C(c2c(-c3ccc(OCC(C)CC)c(OCC(C)CC)c3)c3ccccc3c3ccc(C)cc23)C=C1OCC(C)CC. The summed E-state index contributed by atoms with van der Waals surface area (Å²) in [6, 6.07) is 22.2. The van der Waals surface area contributed by atoms with Crippen LogP contribution in [-0.4, -0.2) is 26.4 Å². The molecule has 4 unspecified atom stereocenters. The summed E-state index contributed by atoms with van der Waals surface area (Å²) in [6.07, 6.45) is 11.8. The molecule has 4 aromatic carbocycles. The highest BCUT2D eigenvalue weighted by atomic mass is 16.5. The summed E-state index contributed by atoms with van der Waals surface area (Å²) in [4.78, 5) is 0. The first-order valence-electron chi connectivity index (χ1n) is 19.9. The number of benzene rings is 4. The van der Waals surface area contributed by atoms with Gasteiger partial charge in [0, 0.05) is 0 Å². The summed E-state index contributed by atoms with van der Waals surface area (Å²) in [5.41, 5.74) is 5.84. The lowest BCUT2D eigenvalue weighted by molar-refractivity contribution is 0.117. The quantitative estimate of drug-likeness (QED) is 0.0967. The third kappa shape index (κ3) is 9.43. The van der Waals surface area contributed by atoms with Gasteiger partial charge in [-0.2, -0.15) is 0 Å². The van der Waals surface area contributed by atoms with Gasteiger partial charge < -0.3 is 18.9 Å². The first-order valence-corrected chi connectivity index (χ1v) is 19.9. The Kier molecular flexibility index (Phi) is 13.9. The second-order valence-corrected chi connectivity index (χ2v) is 15.3. The summed E-state index contributed by atoms with van der Waals surface area (Å²) >= 11 is 0. The maximum absolute atomic E-state index is 6.66. The van der Waals surface area contributed by atoms with E-state index in [1.165, 1.54) is 38.2 Å². The molecule has 0 radical (unpaired) electrons. The highest BCUT2D eigenvalue weighted by Crippen LogP contribution is 2.46. The van der Waals surface area contributed by atoms with Crippen molar-refractivity contribution in [3.63, 3.8) is 0 Å². The summed E-state index contributed by atoms with van der Waals surface area (Å²) in [7, 11) is 0. The number of aryl methyl sites for hydroxylation is 1. The van der Waals surface area contributed by atoms with Crippen molar-refractivity contribution in [1.29, 1.82) is 0 Å². The zero-order valence-corrected chi connectivity index (χ0v) is 33.3. The van der Waals surface area contributed by atoms with Crippen molar-refractivity contribution >= 4 is 27.1 Å². The molecule has 4 heteroatoms. The van der Waals surface area contributed by atoms with Crippen molar-refractivity contribution in [2.45, 2.75) is 94.4 Å². The average Bonchev–Trinajstić information content (AvgIpc) is 3.38. The van der Waals surface area contributed by atoms with Gasteiger partial charge in [0.15, 0.2) is 23.0 Å². The molecule has 0 saturated heterocycles. The minimum absolute atomic E-state index is 0.432. The molecule has 0 saturated carbocycles. The molecule has 4 atom stereocenters. The van der Waals surface area contributed by atoms with E-state index in [2.05, 4.69) is 141 Å². The van der Waals surface area contributed by atoms with Crippen LogP contribution in [0.5, 0.6) is 11.5 Å². The standard InChI is InChI=1S/C48H62O4/c1-10-32(5)28-49-43-20-16-17-37(26-45(43)51-30-34(7)12-3)48-42-25-36(9)21-23-40(42)39-18-14-15-19-41(39)47(48)38-22-24-44(50-29-33(6)11-2)46(27-38)52-31-35(8)13-4/h14-15,17-27,32-35H,10-13,16,28-31H2,1-9H3. The van der Waals surface area contributed by atoms with E-state index in [0.29, 0.717) is 50.1 Å². The second-order valence-electron chi connectivity index (χ2n) is 15.3. The molecule has 52 heavy (non-hydrogen) atoms. The van der Waals surface area contributed by atoms with E-state index in [9.17, 15) is 0 Å². The maximum Gasteiger partial charge on any atom is 0.161 e. The Labute approximate surface area is 313 Å². The molecule has 0 spiro atoms. The van der Waals surface area contributed by atoms with E-state index in [1.54, 1.807) is 0 Å². The Balaban J connectivity index is 1.76. The lowest BCUT2D eigenvalue weighted by atomic mass is 9.84. The fourth-order valence-corrected chi connectivity index (χ4v) is 6.28. The molecule has 0 aromatic heterocycles. The van der Waals surface area contributed by atoms with Crippen LogP contribution in [0.4, 0.5) is 0 Å². The molecule has 0 bridgehead atoms. The molecule has 5 rings (SSSR count). The smallest absolute Gasteiger partial charge is 0.161 e. The zero-order chi connectivity index (χ0) is 37.2. The van der Waals surface area contributed by atoms with Crippen LogP contribution in [0.1, 0.15) is 98.6 Å². The van der Waals surface area contributed by atoms with Gasteiger partial charge >= 0.3 is 0 Å². The van der Waals surface area contributed by atoms with Gasteiger partial charge in [-0.1, -0.05) is 141 Å². The van der Waals surface area contributed by atoms with Crippen LogP contribution in [0.25, 0.3) is 38.2 Å². The van der Waals surface area contributed by atoms with Gasteiger partial charge in [-0.15, -0.1) is 0 Å². The third-order valence-electron chi connectivity index (χ3n) is 10.8. The van der Waals surface area contributed by atoms with Gasteiger partial charge in [0.05, 0.1) is 26.4 Å². The summed E-state index contributed by atoms with van der Waals surface area (Å²) < 4.78 is 26.2. The minimum Gasteiger partial charge on any atom is -0.490 e. The van der Waals surface area contributed by atoms with Crippen LogP contribution in [0.3, 0.4) is 0 Å². The van der Waals surface area contributed by atoms with Gasteiger partial charge in [0.1, 0.15) is 0 Å². The number of ether oxygens (including phenoxy) is 4. The lowest BCUT2D eigenvalue weighted by Gasteiger charge is -2.22. The lowest BCUT2D eigenvalue weighted by Crippen LogP contribution is -2.11. The van der Waals surface area contributed by atoms with E-state index in [4.69, 9.17) is 18.9 Å². The fraction of sp³-hybridized carbons (Fsp3) is 0.458. The number of hydrogen-bond acceptors (Lipinski definition) is 4. The van der Waals surface area contributed by atoms with Crippen LogP contribution in [0, 0.1) is 30.6 Å². The molecule has 278 valence electrons. The first kappa shape index (κ1) is 39.0. The van der Waals surface area contributed by atoms with Crippen LogP contribution in [-0.2, 0) is 9.47 Å². The summed E-state index contributed by atoms with van der Waals surface area (Å²) in [6.45, 7) is 22.6. The molecular formula is C48H62O4. The number of rotatable bonds is 18. The van der Waals surface area contributed by atoms with Crippen LogP contribution in [0.2, 0.25) is 0 Å². The molecule has 1 aliphatic carbocycles. The van der Waals surface area contributed by atoms with Crippen molar-refractivity contribution in [3.05, 3.63) is 102 Å². The third-order valence-corrected chi connectivity index (χ3v) is 10.8. The van der Waals surface area contributed by atoms with E-state index >= 15 is 0 Å².